The number of carbonyl (C=O) groups excluding carboxylic acids is 6. The Morgan fingerprint density at radius 2 is 1.19 bits per heavy atom. The Morgan fingerprint density at radius 3 is 1.77 bits per heavy atom. The van der Waals surface area contributed by atoms with Crippen LogP contribution in [0, 0.1) is 0 Å². The summed E-state index contributed by atoms with van der Waals surface area (Å²) in [7, 11) is 1.29. The van der Waals surface area contributed by atoms with Crippen LogP contribution in [0.3, 0.4) is 0 Å². The second-order valence-electron chi connectivity index (χ2n) is 15.6. The van der Waals surface area contributed by atoms with Crippen molar-refractivity contribution in [2.24, 2.45) is 17.2 Å². The predicted molar refractivity (Wildman–Crippen MR) is 241 cm³/mol. The van der Waals surface area contributed by atoms with Crippen molar-refractivity contribution in [3.63, 3.8) is 0 Å². The Balaban J connectivity index is 1.22. The van der Waals surface area contributed by atoms with Crippen molar-refractivity contribution in [3.05, 3.63) is 126 Å². The molecule has 0 aliphatic rings. The van der Waals surface area contributed by atoms with Crippen LogP contribution in [0.4, 0.5) is 4.79 Å². The number of rotatable bonds is 21. The number of aromatic nitrogens is 4. The van der Waals surface area contributed by atoms with E-state index >= 15 is 0 Å². The average molecular weight is 874 g/mol. The first-order valence-electron chi connectivity index (χ1n) is 21.0. The van der Waals surface area contributed by atoms with Crippen molar-refractivity contribution in [3.8, 4) is 0 Å². The second kappa shape index (κ2) is 22.0. The fraction of sp³-hybridized carbons (Fsp3) is 0.311. The molecule has 0 fully saturated rings. The van der Waals surface area contributed by atoms with E-state index in [4.69, 9.17) is 17.2 Å². The minimum atomic E-state index is -1.30. The van der Waals surface area contributed by atoms with E-state index in [1.54, 1.807) is 42.9 Å². The highest BCUT2D eigenvalue weighted by molar-refractivity contribution is 5.96. The van der Waals surface area contributed by atoms with Gasteiger partial charge in [-0.1, -0.05) is 66.7 Å². The van der Waals surface area contributed by atoms with E-state index in [0.29, 0.717) is 30.6 Å². The van der Waals surface area contributed by atoms with E-state index in [9.17, 15) is 28.8 Å². The molecule has 336 valence electrons. The van der Waals surface area contributed by atoms with Crippen molar-refractivity contribution < 1.29 is 28.8 Å². The number of nitrogens with one attached hydrogen (secondary N) is 8. The molecule has 7 amide bonds. The van der Waals surface area contributed by atoms with Gasteiger partial charge in [0.1, 0.15) is 24.2 Å². The summed E-state index contributed by atoms with van der Waals surface area (Å²) in [5, 5.41) is 13.5. The number of fused-ring (bicyclic) bond motifs is 2. The lowest BCUT2D eigenvalue weighted by atomic mass is 10.0. The van der Waals surface area contributed by atoms with Gasteiger partial charge in [-0.25, -0.2) is 14.8 Å². The first kappa shape index (κ1) is 46.0. The fourth-order valence-electron chi connectivity index (χ4n) is 7.39. The maximum absolute atomic E-state index is 14.4. The highest BCUT2D eigenvalue weighted by Crippen LogP contribution is 2.21. The Labute approximate surface area is 369 Å². The number of nitrogens with two attached hydrogens (primary N) is 3. The third-order valence-corrected chi connectivity index (χ3v) is 10.9. The maximum atomic E-state index is 14.4. The molecule has 0 saturated carbocycles. The van der Waals surface area contributed by atoms with E-state index in [2.05, 4.69) is 46.6 Å². The molecular formula is C45H55N13O6. The summed E-state index contributed by atoms with van der Waals surface area (Å²) < 4.78 is 0. The Kier molecular flexibility index (Phi) is 15.8. The lowest BCUT2D eigenvalue weighted by molar-refractivity contribution is -0.132. The second-order valence-corrected chi connectivity index (χ2v) is 15.6. The summed E-state index contributed by atoms with van der Waals surface area (Å²) in [6.45, 7) is 0.401. The van der Waals surface area contributed by atoms with Crippen LogP contribution in [0.25, 0.3) is 21.8 Å². The number of para-hydroxylation sites is 2. The summed E-state index contributed by atoms with van der Waals surface area (Å²) in [6, 6.07) is 17.3. The highest BCUT2D eigenvalue weighted by atomic mass is 16.2. The molecule has 3 aromatic carbocycles. The molecule has 6 rings (SSSR count). The predicted octanol–water partition coefficient (Wildman–Crippen LogP) is 1.08. The van der Waals surface area contributed by atoms with Crippen LogP contribution in [0.5, 0.6) is 0 Å². The summed E-state index contributed by atoms with van der Waals surface area (Å²) in [6.07, 6.45) is 8.09. The number of urea groups is 1. The zero-order chi connectivity index (χ0) is 45.6. The number of imidazole rings is 1. The van der Waals surface area contributed by atoms with Gasteiger partial charge < -0.3 is 53.4 Å². The van der Waals surface area contributed by atoms with Gasteiger partial charge in [-0.05, 0) is 54.6 Å². The van der Waals surface area contributed by atoms with Crippen molar-refractivity contribution in [2.75, 3.05) is 13.6 Å². The van der Waals surface area contributed by atoms with Crippen LogP contribution < -0.4 is 43.9 Å². The quantitative estimate of drug-likeness (QED) is 0.0364. The average Bonchev–Trinajstić information content (AvgIpc) is 4.06. The van der Waals surface area contributed by atoms with E-state index in [1.807, 2.05) is 54.6 Å². The van der Waals surface area contributed by atoms with Gasteiger partial charge >= 0.3 is 6.03 Å². The van der Waals surface area contributed by atoms with Gasteiger partial charge in [-0.15, -0.1) is 0 Å². The van der Waals surface area contributed by atoms with E-state index in [0.717, 1.165) is 37.9 Å². The number of aromatic amines is 3. The number of hydrogen-bond acceptors (Lipinski definition) is 9. The maximum Gasteiger partial charge on any atom is 0.336 e. The normalized spacial score (nSPS) is 13.5. The lowest BCUT2D eigenvalue weighted by Crippen LogP contribution is -2.60. The first-order chi connectivity index (χ1) is 30.9. The zero-order valence-corrected chi connectivity index (χ0v) is 35.4. The Bertz CT molecular complexity index is 2520. The van der Waals surface area contributed by atoms with Crippen molar-refractivity contribution in [1.82, 2.24) is 51.6 Å². The van der Waals surface area contributed by atoms with E-state index in [-0.39, 0.29) is 32.1 Å². The number of H-pyrrole nitrogens is 3. The van der Waals surface area contributed by atoms with Crippen LogP contribution in [-0.2, 0) is 49.7 Å². The van der Waals surface area contributed by atoms with Gasteiger partial charge in [0.05, 0.1) is 12.4 Å². The molecule has 0 bridgehead atoms. The number of nitrogens with zero attached hydrogens (tertiary/aromatic N) is 2. The molecule has 0 aliphatic carbocycles. The molecule has 5 atom stereocenters. The Hall–Kier alpha value is -7.51. The molecule has 0 saturated heterocycles. The lowest BCUT2D eigenvalue weighted by Gasteiger charge is -2.27. The van der Waals surface area contributed by atoms with Gasteiger partial charge in [0.25, 0.3) is 5.91 Å². The Morgan fingerprint density at radius 1 is 0.641 bits per heavy atom. The van der Waals surface area contributed by atoms with Gasteiger partial charge in [0.15, 0.2) is 0 Å². The van der Waals surface area contributed by atoms with Crippen molar-refractivity contribution >= 4 is 57.4 Å². The third-order valence-electron chi connectivity index (χ3n) is 10.9. The van der Waals surface area contributed by atoms with E-state index < -0.39 is 65.8 Å². The number of hydrazine groups is 1. The molecule has 14 N–H and O–H groups in total. The largest absolute Gasteiger partial charge is 0.368 e. The highest BCUT2D eigenvalue weighted by Gasteiger charge is 2.32. The SMILES string of the molecule is CN(NC(=O)[C@@H](Cc1c[nH]c2ccccc12)NC(=O)[C@@H](N)Cc1cnc[nH]1)C(=O)N[C@@H](Cc1c[nH]c2ccccc12)C(=O)N[C@H](Cc1ccccc1)C(=O)N[C@@H](CCCCN)C(N)=O. The molecule has 19 heteroatoms. The summed E-state index contributed by atoms with van der Waals surface area (Å²) >= 11 is 0. The van der Waals surface area contributed by atoms with Gasteiger partial charge in [0.2, 0.25) is 23.6 Å². The van der Waals surface area contributed by atoms with Crippen molar-refractivity contribution in [2.45, 2.75) is 75.2 Å². The minimum absolute atomic E-state index is 0.0283. The molecule has 6 aromatic rings. The van der Waals surface area contributed by atoms with Crippen LogP contribution >= 0.6 is 0 Å². The standard InChI is InChI=1S/C45H55N13O6/c1-58(57-44(63)39(21-29-24-51-35-16-8-6-14-32(29)35)54-41(60)33(47)22-30-25-49-26-52-30)45(64)56-38(20-28-23-50-34-15-7-5-13-31(28)34)43(62)55-37(19-27-11-3-2-4-12-27)42(61)53-36(40(48)59)17-9-10-18-46/h2-8,11-16,23-26,33,36-39,50-51H,9-10,17-22,46-47H2,1H3,(H2,48,59)(H,49,52)(H,53,61)(H,54,60)(H,55,62)(H,56,64)(H,57,63)/t33-,36-,37+,38-,39+/m0/s1. The summed E-state index contributed by atoms with van der Waals surface area (Å²) in [5.74, 6) is -3.45. The fourth-order valence-corrected chi connectivity index (χ4v) is 7.39. The van der Waals surface area contributed by atoms with Gasteiger partial charge in [-0.2, -0.15) is 0 Å². The molecule has 19 nitrogen and oxygen atoms in total. The molecule has 3 aromatic heterocycles. The van der Waals surface area contributed by atoms with Crippen LogP contribution in [0.2, 0.25) is 0 Å². The molecule has 3 heterocycles. The molecular weight excluding hydrogens is 819 g/mol. The first-order valence-corrected chi connectivity index (χ1v) is 21.0. The number of carbonyl (C=O) groups is 6. The molecule has 0 radical (unpaired) electrons. The molecule has 0 aliphatic heterocycles. The number of primary amides is 1. The number of unbranched alkanes of at least 4 members (excludes halogenated alkanes) is 1. The molecule has 64 heavy (non-hydrogen) atoms. The summed E-state index contributed by atoms with van der Waals surface area (Å²) in [4.78, 5) is 95.4. The molecule has 0 unspecified atom stereocenters. The number of benzene rings is 3. The number of amides is 7. The van der Waals surface area contributed by atoms with Crippen molar-refractivity contribution in [1.29, 1.82) is 0 Å². The summed E-state index contributed by atoms with van der Waals surface area (Å²) in [5.41, 5.74) is 24.5. The van der Waals surface area contributed by atoms with Crippen LogP contribution in [-0.4, -0.2) is 104 Å². The third kappa shape index (κ3) is 12.3. The topological polar surface area (TPSA) is 304 Å². The van der Waals surface area contributed by atoms with Gasteiger partial charge in [0, 0.05) is 78.8 Å². The monoisotopic (exact) mass is 873 g/mol. The van der Waals surface area contributed by atoms with Crippen LogP contribution in [0.15, 0.2) is 104 Å². The van der Waals surface area contributed by atoms with E-state index in [1.165, 1.54) is 13.4 Å². The molecule has 0 spiro atoms. The number of hydrogen-bond donors (Lipinski definition) is 11. The van der Waals surface area contributed by atoms with Crippen LogP contribution in [0.1, 0.15) is 41.6 Å². The zero-order valence-electron chi connectivity index (χ0n) is 35.4. The van der Waals surface area contributed by atoms with Gasteiger partial charge in [-0.3, -0.25) is 29.4 Å². The minimum Gasteiger partial charge on any atom is -0.368 e. The smallest absolute Gasteiger partial charge is 0.336 e.